The first-order chi connectivity index (χ1) is 53.2. The second-order valence-electron chi connectivity index (χ2n) is 27.5. The van der Waals surface area contributed by atoms with Crippen LogP contribution in [0.2, 0.25) is 0 Å². The molecule has 0 aliphatic heterocycles. The third kappa shape index (κ3) is 83.4. The van der Waals surface area contributed by atoms with Gasteiger partial charge in [-0.3, -0.25) is 32.5 Å². The van der Waals surface area contributed by atoms with E-state index in [1.54, 1.807) is 0 Å². The van der Waals surface area contributed by atoms with Crippen molar-refractivity contribution >= 4 is 33.6 Å². The Balaban J connectivity index is 4.61. The van der Waals surface area contributed by atoms with Crippen LogP contribution in [0.4, 0.5) is 0 Å². The Morgan fingerprint density at radius 2 is 0.459 bits per heavy atom. The molecule has 109 heavy (non-hydrogen) atoms. The van der Waals surface area contributed by atoms with Crippen LogP contribution in [0, 0.1) is 0 Å². The van der Waals surface area contributed by atoms with Gasteiger partial charge in [0.2, 0.25) is 0 Å². The summed E-state index contributed by atoms with van der Waals surface area (Å²) in [6.45, 7) is 2.30. The fourth-order valence-corrected chi connectivity index (χ4v) is 12.4. The highest BCUT2D eigenvalue weighted by molar-refractivity contribution is 7.47. The summed E-state index contributed by atoms with van der Waals surface area (Å²) in [4.78, 5) is 58.8. The van der Waals surface area contributed by atoms with E-state index in [1.807, 2.05) is 0 Å². The maximum Gasteiger partial charge on any atom is 0.472 e. The first-order valence-electron chi connectivity index (χ1n) is 42.1. The Labute approximate surface area is 662 Å². The summed E-state index contributed by atoms with van der Waals surface area (Å²) in [6, 6.07) is 0. The van der Waals surface area contributed by atoms with Gasteiger partial charge in [0.25, 0.3) is 0 Å². The van der Waals surface area contributed by atoms with Gasteiger partial charge in [-0.2, -0.15) is 0 Å². The van der Waals surface area contributed by atoms with Crippen molar-refractivity contribution in [3.05, 3.63) is 182 Å². The molecule has 0 aromatic rings. The molecule has 0 rings (SSSR count). The van der Waals surface area contributed by atoms with E-state index in [4.69, 9.17) is 32.3 Å². The Kier molecular flexibility index (Phi) is 78.1. The first kappa shape index (κ1) is 104. The largest absolute Gasteiger partial charge is 0.472 e. The number of phosphoric ester groups is 2. The molecular formula is C91H150O16P2. The number of hydrogen-bond acceptors (Lipinski definition) is 14. The average Bonchev–Trinajstić information content (AvgIpc) is 0.900. The summed E-state index contributed by atoms with van der Waals surface area (Å²) < 4.78 is 61.3. The predicted molar refractivity (Wildman–Crippen MR) is 454 cm³/mol. The van der Waals surface area contributed by atoms with Gasteiger partial charge in [-0.15, -0.1) is 0 Å². The normalized spacial score (nSPS) is 14.8. The van der Waals surface area contributed by atoms with Crippen molar-refractivity contribution in [1.82, 2.24) is 0 Å². The van der Waals surface area contributed by atoms with E-state index in [1.165, 1.54) is 77.0 Å². The van der Waals surface area contributed by atoms with Crippen LogP contribution in [0.5, 0.6) is 0 Å². The molecule has 4 N–H and O–H groups in total. The van der Waals surface area contributed by atoms with E-state index in [-0.39, 0.29) is 19.3 Å². The Hall–Kier alpha value is -5.35. The molecule has 620 valence electrons. The lowest BCUT2D eigenvalue weighted by molar-refractivity contribution is -0.161. The molecule has 0 bridgehead atoms. The molecule has 0 amide bonds. The van der Waals surface area contributed by atoms with Crippen LogP contribution in [0.1, 0.15) is 316 Å². The number of rotatable bonds is 78. The first-order valence-corrected chi connectivity index (χ1v) is 45.1. The maximum absolute atomic E-state index is 13.0. The van der Waals surface area contributed by atoms with Crippen molar-refractivity contribution in [2.75, 3.05) is 39.6 Å². The smallest absolute Gasteiger partial charge is 0.463 e. The minimum absolute atomic E-state index is 0.0758. The highest BCUT2D eigenvalue weighted by Gasteiger charge is 2.29. The van der Waals surface area contributed by atoms with Crippen LogP contribution in [0.3, 0.4) is 0 Å². The van der Waals surface area contributed by atoms with E-state index in [0.717, 1.165) is 180 Å². The quantitative estimate of drug-likeness (QED) is 0.0146. The molecule has 0 spiro atoms. The van der Waals surface area contributed by atoms with Gasteiger partial charge in [-0.05, 0) is 154 Å². The molecule has 18 heteroatoms. The SMILES string of the molecule is CC/C=C\C/C=C\C/C=C\C/C=C\C/C=C\C/C=C\CCCCCCC(=O)OCC(COP(=O)(O)OCC(O)COP(=O)(O)OCC(O)COC(=O)CCCCCCCCCCCCCCCCC/C=C\C/C=C\C/C=C\C/C=C\C/C=C\CC)OC(=O)CCCCCCCC/C=C\C/C=C\C/C=C\C/C=C\CC. The predicted octanol–water partition coefficient (Wildman–Crippen LogP) is 25.3. The molecule has 0 heterocycles. The Morgan fingerprint density at radius 1 is 0.257 bits per heavy atom. The molecule has 0 aromatic carbocycles. The number of phosphoric acid groups is 2. The molecule has 0 radical (unpaired) electrons. The van der Waals surface area contributed by atoms with Gasteiger partial charge >= 0.3 is 33.6 Å². The third-order valence-electron chi connectivity index (χ3n) is 17.1. The summed E-state index contributed by atoms with van der Waals surface area (Å²) in [5, 5.41) is 20.7. The van der Waals surface area contributed by atoms with Gasteiger partial charge < -0.3 is 34.2 Å². The number of esters is 3. The van der Waals surface area contributed by atoms with E-state index in [9.17, 15) is 43.5 Å². The lowest BCUT2D eigenvalue weighted by Gasteiger charge is -2.21. The highest BCUT2D eigenvalue weighted by atomic mass is 31.2. The number of carbonyl (C=O) groups is 3. The van der Waals surface area contributed by atoms with Gasteiger partial charge in [0.05, 0.1) is 26.4 Å². The second-order valence-corrected chi connectivity index (χ2v) is 30.4. The molecular weight excluding hydrogens is 1410 g/mol. The van der Waals surface area contributed by atoms with Crippen molar-refractivity contribution in [3.8, 4) is 0 Å². The van der Waals surface area contributed by atoms with Gasteiger partial charge in [0, 0.05) is 19.3 Å². The number of carbonyl (C=O) groups excluding carboxylic acids is 3. The summed E-state index contributed by atoms with van der Waals surface area (Å²) in [5.41, 5.74) is 0. The Morgan fingerprint density at radius 3 is 0.725 bits per heavy atom. The fourth-order valence-electron chi connectivity index (χ4n) is 10.8. The van der Waals surface area contributed by atoms with Crippen molar-refractivity contribution < 1.29 is 75.8 Å². The van der Waals surface area contributed by atoms with E-state index in [0.29, 0.717) is 19.3 Å². The molecule has 0 fully saturated rings. The summed E-state index contributed by atoms with van der Waals surface area (Å²) >= 11 is 0. The van der Waals surface area contributed by atoms with Gasteiger partial charge in [-0.25, -0.2) is 9.13 Å². The number of allylic oxidation sites excluding steroid dienone is 30. The minimum atomic E-state index is -4.95. The summed E-state index contributed by atoms with van der Waals surface area (Å²) in [5.74, 6) is -1.63. The molecule has 0 aliphatic carbocycles. The van der Waals surface area contributed by atoms with Crippen LogP contribution < -0.4 is 0 Å². The highest BCUT2D eigenvalue weighted by Crippen LogP contribution is 2.45. The summed E-state index contributed by atoms with van der Waals surface area (Å²) in [7, 11) is -9.82. The van der Waals surface area contributed by atoms with E-state index >= 15 is 0 Å². The average molecular weight is 1560 g/mol. The maximum atomic E-state index is 13.0. The van der Waals surface area contributed by atoms with Gasteiger partial charge in [0.1, 0.15) is 25.4 Å². The van der Waals surface area contributed by atoms with Crippen LogP contribution in [0.25, 0.3) is 0 Å². The molecule has 5 unspecified atom stereocenters. The van der Waals surface area contributed by atoms with Crippen molar-refractivity contribution in [3.63, 3.8) is 0 Å². The third-order valence-corrected chi connectivity index (χ3v) is 19.0. The molecule has 0 saturated carbocycles. The zero-order chi connectivity index (χ0) is 79.4. The monoisotopic (exact) mass is 1560 g/mol. The minimum Gasteiger partial charge on any atom is -0.463 e. The molecule has 16 nitrogen and oxygen atoms in total. The standard InChI is InChI=1S/C91H150O16P2/c1-4-7-10-13-16-19-22-25-28-31-34-36-38-39-40-41-42-43-44-45-47-49-51-53-56-59-62-65-68-71-74-77-89(94)101-80-86(92)81-103-108(97,98)104-82-87(93)83-105-109(99,100)106-85-88(107-91(96)79-76-73-70-67-64-61-58-55-50-33-30-27-24-21-18-15-12-9-6-3)84-102-90(95)78-75-72-69-66-63-60-57-54-52-48-46-37-35-32-29-26-23-20-17-14-11-8-5-2/h7-12,16-21,25-30,34-37,39-40,48,50,52,55,57,60,86-88,92-93H,4-6,13-15,22-24,31-33,38,41-47,49,51,53-54,56,58-59,61-85H2,1-3H3,(H,97,98)(H,99,100)/b10-7-,11-8-,12-9-,19-16-,20-17-,21-18-,28-25-,29-26-,30-27-,36-34-,37-35-,40-39-,52-48-,55-50-,60-57-. The zero-order valence-electron chi connectivity index (χ0n) is 67.9. The number of ether oxygens (including phenoxy) is 3. The fraction of sp³-hybridized carbons (Fsp3) is 0.637. The number of aliphatic hydroxyl groups excluding tert-OH is 2. The number of hydrogen-bond donors (Lipinski definition) is 4. The van der Waals surface area contributed by atoms with Crippen molar-refractivity contribution in [2.45, 2.75) is 334 Å². The van der Waals surface area contributed by atoms with Crippen LogP contribution in [-0.2, 0) is 55.8 Å². The lowest BCUT2D eigenvalue weighted by Crippen LogP contribution is -2.30. The van der Waals surface area contributed by atoms with E-state index < -0.39 is 91.5 Å². The van der Waals surface area contributed by atoms with Crippen molar-refractivity contribution in [2.24, 2.45) is 0 Å². The molecule has 0 aromatic heterocycles. The van der Waals surface area contributed by atoms with E-state index in [2.05, 4.69) is 203 Å². The van der Waals surface area contributed by atoms with Gasteiger partial charge in [0.15, 0.2) is 6.10 Å². The lowest BCUT2D eigenvalue weighted by atomic mass is 10.0. The molecule has 0 aliphatic rings. The molecule has 0 saturated heterocycles. The number of aliphatic hydroxyl groups is 2. The molecule has 5 atom stereocenters. The second kappa shape index (κ2) is 82.1. The van der Waals surface area contributed by atoms with Crippen LogP contribution >= 0.6 is 15.6 Å². The topological polar surface area (TPSA) is 231 Å². The van der Waals surface area contributed by atoms with Crippen molar-refractivity contribution in [1.29, 1.82) is 0 Å². The van der Waals surface area contributed by atoms with Crippen LogP contribution in [-0.4, -0.2) is 95.9 Å². The van der Waals surface area contributed by atoms with Crippen LogP contribution in [0.15, 0.2) is 182 Å². The van der Waals surface area contributed by atoms with Gasteiger partial charge in [-0.1, -0.05) is 325 Å². The summed E-state index contributed by atoms with van der Waals surface area (Å²) in [6.07, 6.45) is 106. The Bertz CT molecular complexity index is 2710. The number of unbranched alkanes of at least 4 members (excludes halogenated alkanes) is 25. The zero-order valence-corrected chi connectivity index (χ0v) is 69.7.